The van der Waals surface area contributed by atoms with Crippen molar-refractivity contribution in [1.29, 1.82) is 0 Å². The van der Waals surface area contributed by atoms with Crippen molar-refractivity contribution in [3.05, 3.63) is 77.9 Å². The summed E-state index contributed by atoms with van der Waals surface area (Å²) >= 11 is 0. The van der Waals surface area contributed by atoms with Gasteiger partial charge in [0.1, 0.15) is 11.5 Å². The van der Waals surface area contributed by atoms with E-state index in [4.69, 9.17) is 9.05 Å². The number of phenols is 1. The molecule has 4 nitrogen and oxygen atoms in total. The summed E-state index contributed by atoms with van der Waals surface area (Å²) in [5, 5.41) is 11.4. The second-order valence-corrected chi connectivity index (χ2v) is 9.48. The van der Waals surface area contributed by atoms with Crippen LogP contribution in [0, 0.1) is 6.92 Å². The second kappa shape index (κ2) is 9.97. The summed E-state index contributed by atoms with van der Waals surface area (Å²) in [6.45, 7) is 4.14. The Bertz CT molecular complexity index is 1030. The van der Waals surface area contributed by atoms with Crippen LogP contribution < -0.4 is 9.83 Å². The van der Waals surface area contributed by atoms with Crippen LogP contribution in [0.25, 0.3) is 11.1 Å². The zero-order valence-electron chi connectivity index (χ0n) is 17.8. The average Bonchev–Trinajstić information content (AvgIpc) is 2.74. The minimum Gasteiger partial charge on any atom is -0.507 e. The zero-order valence-corrected chi connectivity index (χ0v) is 18.7. The minimum absolute atomic E-state index is 0.111. The van der Waals surface area contributed by atoms with E-state index in [1.807, 2.05) is 43.3 Å². The highest BCUT2D eigenvalue weighted by atomic mass is 31.2. The molecule has 158 valence electrons. The van der Waals surface area contributed by atoms with Gasteiger partial charge in [-0.15, -0.1) is 0 Å². The third-order valence-electron chi connectivity index (χ3n) is 5.05. The van der Waals surface area contributed by atoms with Gasteiger partial charge in [-0.2, -0.15) is 0 Å². The van der Waals surface area contributed by atoms with Crippen molar-refractivity contribution in [2.45, 2.75) is 39.5 Å². The van der Waals surface area contributed by atoms with Gasteiger partial charge in [0.2, 0.25) is 0 Å². The van der Waals surface area contributed by atoms with Crippen LogP contribution in [0.3, 0.4) is 0 Å². The Balaban J connectivity index is 2.10. The van der Waals surface area contributed by atoms with Crippen LogP contribution in [0.1, 0.15) is 37.3 Å². The molecule has 3 aromatic rings. The lowest BCUT2D eigenvalue weighted by Crippen LogP contribution is -2.11. The molecule has 5 heteroatoms. The van der Waals surface area contributed by atoms with Gasteiger partial charge in [0.15, 0.2) is 0 Å². The van der Waals surface area contributed by atoms with Gasteiger partial charge < -0.3 is 9.63 Å². The Morgan fingerprint density at radius 3 is 2.40 bits per heavy atom. The monoisotopic (exact) mass is 424 g/mol. The van der Waals surface area contributed by atoms with Gasteiger partial charge in [0.25, 0.3) is 0 Å². The van der Waals surface area contributed by atoms with Crippen molar-refractivity contribution in [1.82, 2.24) is 0 Å². The van der Waals surface area contributed by atoms with Crippen LogP contribution in [0.15, 0.2) is 66.7 Å². The second-order valence-electron chi connectivity index (χ2n) is 7.42. The topological polar surface area (TPSA) is 55.8 Å². The number of benzene rings is 3. The van der Waals surface area contributed by atoms with E-state index in [0.717, 1.165) is 42.4 Å². The Labute approximate surface area is 179 Å². The summed E-state index contributed by atoms with van der Waals surface area (Å²) in [6, 6.07) is 20.3. The Kier molecular flexibility index (Phi) is 7.36. The first kappa shape index (κ1) is 22.1. The van der Waals surface area contributed by atoms with Crippen molar-refractivity contribution >= 4 is 12.9 Å². The normalized spacial score (nSPS) is 13.0. The number of unbranched alkanes of at least 4 members (excludes halogenated alkanes) is 2. The molecular weight excluding hydrogens is 395 g/mol. The van der Waals surface area contributed by atoms with Crippen molar-refractivity contribution < 1.29 is 18.7 Å². The number of aryl methyl sites for hydroxylation is 2. The highest BCUT2D eigenvalue weighted by molar-refractivity contribution is 7.62. The molecule has 0 saturated heterocycles. The molecule has 1 unspecified atom stereocenters. The molecule has 1 N–H and O–H groups in total. The van der Waals surface area contributed by atoms with Gasteiger partial charge in [0.05, 0.1) is 10.9 Å². The standard InChI is InChI=1S/C25H29O4P/c1-4-5-7-12-20-17-23(26)25(21-13-10-11-19(2)16-21)24(18-20)29-30(27,28-3)22-14-8-6-9-15-22/h6,8-11,13-18,26H,4-5,7,12H2,1-3H3. The molecule has 0 heterocycles. The number of rotatable bonds is 9. The molecule has 0 fully saturated rings. The van der Waals surface area contributed by atoms with Crippen molar-refractivity contribution in [3.63, 3.8) is 0 Å². The zero-order chi connectivity index (χ0) is 21.6. The predicted octanol–water partition coefficient (Wildman–Crippen LogP) is 6.64. The van der Waals surface area contributed by atoms with E-state index in [1.165, 1.54) is 7.11 Å². The maximum Gasteiger partial charge on any atom is 0.410 e. The summed E-state index contributed by atoms with van der Waals surface area (Å²) in [6.07, 6.45) is 4.05. The van der Waals surface area contributed by atoms with Gasteiger partial charge in [-0.1, -0.05) is 67.8 Å². The first-order chi connectivity index (χ1) is 14.5. The molecule has 0 aliphatic heterocycles. The molecule has 0 spiro atoms. The average molecular weight is 424 g/mol. The quantitative estimate of drug-likeness (QED) is 0.309. The molecule has 30 heavy (non-hydrogen) atoms. The number of aromatic hydroxyl groups is 1. The molecule has 3 aromatic carbocycles. The number of hydrogen-bond donors (Lipinski definition) is 1. The molecule has 0 radical (unpaired) electrons. The van der Waals surface area contributed by atoms with Crippen LogP contribution in [0.4, 0.5) is 0 Å². The molecule has 0 aliphatic rings. The van der Waals surface area contributed by atoms with Crippen LogP contribution >= 0.6 is 7.60 Å². The fourth-order valence-electron chi connectivity index (χ4n) is 3.48. The minimum atomic E-state index is -3.62. The van der Waals surface area contributed by atoms with E-state index < -0.39 is 7.60 Å². The van der Waals surface area contributed by atoms with E-state index in [9.17, 15) is 9.67 Å². The van der Waals surface area contributed by atoms with Gasteiger partial charge in [-0.25, -0.2) is 4.57 Å². The third kappa shape index (κ3) is 5.13. The summed E-state index contributed by atoms with van der Waals surface area (Å²) in [5.74, 6) is 0.474. The number of hydrogen-bond acceptors (Lipinski definition) is 4. The molecule has 0 bridgehead atoms. The maximum atomic E-state index is 13.6. The van der Waals surface area contributed by atoms with E-state index in [-0.39, 0.29) is 5.75 Å². The highest BCUT2D eigenvalue weighted by Gasteiger charge is 2.30. The number of phenolic OH excluding ortho intramolecular Hbond substituents is 1. The molecule has 0 saturated carbocycles. The van der Waals surface area contributed by atoms with Gasteiger partial charge >= 0.3 is 7.60 Å². The Morgan fingerprint density at radius 1 is 0.967 bits per heavy atom. The summed E-state index contributed by atoms with van der Waals surface area (Å²) in [5.41, 5.74) is 3.33. The van der Waals surface area contributed by atoms with Crippen molar-refractivity contribution in [2.24, 2.45) is 0 Å². The van der Waals surface area contributed by atoms with Gasteiger partial charge in [0, 0.05) is 7.11 Å². The van der Waals surface area contributed by atoms with Crippen LogP contribution in [-0.4, -0.2) is 12.2 Å². The van der Waals surface area contributed by atoms with Crippen LogP contribution in [-0.2, 0) is 15.5 Å². The largest absolute Gasteiger partial charge is 0.507 e. The maximum absolute atomic E-state index is 13.6. The Morgan fingerprint density at radius 2 is 1.73 bits per heavy atom. The molecule has 0 aliphatic carbocycles. The first-order valence-corrected chi connectivity index (χ1v) is 11.8. The lowest BCUT2D eigenvalue weighted by molar-refractivity contribution is 0.333. The van der Waals surface area contributed by atoms with Crippen LogP contribution in [0.2, 0.25) is 0 Å². The predicted molar refractivity (Wildman–Crippen MR) is 123 cm³/mol. The Hall–Kier alpha value is -2.55. The van der Waals surface area contributed by atoms with E-state index in [2.05, 4.69) is 6.92 Å². The summed E-state index contributed by atoms with van der Waals surface area (Å²) in [7, 11) is -2.24. The third-order valence-corrected chi connectivity index (χ3v) is 6.90. The summed E-state index contributed by atoms with van der Waals surface area (Å²) in [4.78, 5) is 0. The van der Waals surface area contributed by atoms with Gasteiger partial charge in [-0.3, -0.25) is 4.52 Å². The van der Waals surface area contributed by atoms with Crippen molar-refractivity contribution in [3.8, 4) is 22.6 Å². The fourth-order valence-corrected chi connectivity index (χ4v) is 4.81. The molecule has 0 amide bonds. The summed E-state index contributed by atoms with van der Waals surface area (Å²) < 4.78 is 25.0. The van der Waals surface area contributed by atoms with E-state index in [1.54, 1.807) is 30.3 Å². The van der Waals surface area contributed by atoms with Crippen LogP contribution in [0.5, 0.6) is 11.5 Å². The fraction of sp³-hybridized carbons (Fsp3) is 0.280. The first-order valence-electron chi connectivity index (χ1n) is 10.3. The molecule has 1 atom stereocenters. The smallest absolute Gasteiger partial charge is 0.410 e. The van der Waals surface area contributed by atoms with E-state index >= 15 is 0 Å². The SMILES string of the molecule is CCCCCc1cc(O)c(-c2cccc(C)c2)c(OP(=O)(OC)c2ccccc2)c1. The molecular formula is C25H29O4P. The van der Waals surface area contributed by atoms with Crippen molar-refractivity contribution in [2.75, 3.05) is 7.11 Å². The highest BCUT2D eigenvalue weighted by Crippen LogP contribution is 2.51. The lowest BCUT2D eigenvalue weighted by atomic mass is 9.98. The van der Waals surface area contributed by atoms with E-state index in [0.29, 0.717) is 16.6 Å². The lowest BCUT2D eigenvalue weighted by Gasteiger charge is -2.21. The molecule has 3 rings (SSSR count). The van der Waals surface area contributed by atoms with Gasteiger partial charge in [-0.05, 0) is 55.2 Å². The molecule has 0 aromatic heterocycles.